The van der Waals surface area contributed by atoms with Crippen molar-refractivity contribution in [2.24, 2.45) is 0 Å². The minimum atomic E-state index is -3.68. The molecule has 0 saturated heterocycles. The molecule has 204 valence electrons. The fourth-order valence-electron chi connectivity index (χ4n) is 3.71. The van der Waals surface area contributed by atoms with Crippen LogP contribution in [0.5, 0.6) is 5.75 Å². The molecule has 2 amide bonds. The monoisotopic (exact) mass is 571 g/mol. The van der Waals surface area contributed by atoms with Crippen LogP contribution in [0.25, 0.3) is 0 Å². The van der Waals surface area contributed by atoms with Crippen molar-refractivity contribution in [1.29, 1.82) is 0 Å². The third-order valence-corrected chi connectivity index (χ3v) is 7.57. The molecule has 0 aliphatic rings. The molecule has 0 spiro atoms. The molecule has 1 atom stereocenters. The second-order valence-corrected chi connectivity index (χ2v) is 11.5. The van der Waals surface area contributed by atoms with Crippen LogP contribution >= 0.6 is 23.2 Å². The van der Waals surface area contributed by atoms with Gasteiger partial charge in [-0.05, 0) is 55.7 Å². The number of nitrogens with zero attached hydrogens (tertiary/aromatic N) is 2. The number of nitrogens with one attached hydrogen (secondary N) is 1. The number of halogens is 2. The summed E-state index contributed by atoms with van der Waals surface area (Å²) in [5.74, 6) is 0.186. The van der Waals surface area contributed by atoms with E-state index in [1.54, 1.807) is 32.2 Å². The molecule has 1 unspecified atom stereocenters. The number of hydrogen-bond donors (Lipinski definition) is 1. The molecule has 0 bridgehead atoms. The first kappa shape index (κ1) is 30.7. The van der Waals surface area contributed by atoms with Gasteiger partial charge in [0.05, 0.1) is 24.1 Å². The van der Waals surface area contributed by atoms with Gasteiger partial charge in [-0.2, -0.15) is 0 Å². The summed E-state index contributed by atoms with van der Waals surface area (Å²) >= 11 is 12.3. The number of carbonyl (C=O) groups excluding carboxylic acids is 2. The molecule has 0 aromatic heterocycles. The zero-order valence-electron chi connectivity index (χ0n) is 21.7. The number of benzene rings is 2. The van der Waals surface area contributed by atoms with E-state index in [1.807, 2.05) is 19.1 Å². The van der Waals surface area contributed by atoms with Gasteiger partial charge < -0.3 is 15.0 Å². The maximum Gasteiger partial charge on any atom is 0.242 e. The molecule has 11 heteroatoms. The summed E-state index contributed by atoms with van der Waals surface area (Å²) in [5.41, 5.74) is 1.09. The standard InChI is InChI=1S/C26H35Cl2N3O5S/c1-5-6-15-29-26(33)19(2)30(18-20-9-12-22(36-3)13-10-20)25(32)8-7-16-31(37(4,34)35)24-17-21(27)11-14-23(24)28/h9-14,17,19H,5-8,15-16,18H2,1-4H3,(H,29,33). The highest BCUT2D eigenvalue weighted by molar-refractivity contribution is 7.92. The maximum absolute atomic E-state index is 13.3. The Bertz CT molecular complexity index is 1160. The first-order valence-electron chi connectivity index (χ1n) is 12.1. The van der Waals surface area contributed by atoms with Crippen molar-refractivity contribution >= 4 is 50.7 Å². The topological polar surface area (TPSA) is 96.0 Å². The zero-order chi connectivity index (χ0) is 27.6. The molecule has 0 radical (unpaired) electrons. The van der Waals surface area contributed by atoms with Crippen LogP contribution in [0.3, 0.4) is 0 Å². The SMILES string of the molecule is CCCCNC(=O)C(C)N(Cc1ccc(OC)cc1)C(=O)CCCN(c1cc(Cl)ccc1Cl)S(C)(=O)=O. The van der Waals surface area contributed by atoms with Crippen LogP contribution in [0, 0.1) is 0 Å². The molecule has 0 heterocycles. The molecule has 2 aromatic carbocycles. The number of sulfonamides is 1. The van der Waals surface area contributed by atoms with E-state index < -0.39 is 16.1 Å². The molecule has 0 aliphatic heterocycles. The first-order valence-corrected chi connectivity index (χ1v) is 14.7. The Morgan fingerprint density at radius 3 is 2.35 bits per heavy atom. The Morgan fingerprint density at radius 2 is 1.76 bits per heavy atom. The summed E-state index contributed by atoms with van der Waals surface area (Å²) in [6.07, 6.45) is 3.12. The van der Waals surface area contributed by atoms with Crippen molar-refractivity contribution in [1.82, 2.24) is 10.2 Å². The molecule has 1 N–H and O–H groups in total. The molecule has 0 fully saturated rings. The lowest BCUT2D eigenvalue weighted by Gasteiger charge is -2.29. The largest absolute Gasteiger partial charge is 0.497 e. The maximum atomic E-state index is 13.3. The lowest BCUT2D eigenvalue weighted by Crippen LogP contribution is -2.48. The second-order valence-electron chi connectivity index (χ2n) is 8.72. The number of carbonyl (C=O) groups is 2. The molecular formula is C26H35Cl2N3O5S. The van der Waals surface area contributed by atoms with Gasteiger partial charge in [0.1, 0.15) is 11.8 Å². The Kier molecular flexibility index (Phi) is 12.0. The van der Waals surface area contributed by atoms with Crippen LogP contribution in [-0.2, 0) is 26.2 Å². The smallest absolute Gasteiger partial charge is 0.242 e. The van der Waals surface area contributed by atoms with E-state index in [2.05, 4.69) is 5.32 Å². The number of ether oxygens (including phenoxy) is 1. The van der Waals surface area contributed by atoms with E-state index in [4.69, 9.17) is 27.9 Å². The van der Waals surface area contributed by atoms with Crippen molar-refractivity contribution in [3.05, 3.63) is 58.1 Å². The quantitative estimate of drug-likeness (QED) is 0.326. The number of rotatable bonds is 14. The van der Waals surface area contributed by atoms with Gasteiger partial charge >= 0.3 is 0 Å². The number of unbranched alkanes of at least 4 members (excludes halogenated alkanes) is 1. The molecule has 2 rings (SSSR count). The minimum absolute atomic E-state index is 0.0259. The van der Waals surface area contributed by atoms with Crippen LogP contribution in [-0.4, -0.2) is 57.6 Å². The van der Waals surface area contributed by atoms with Crippen LogP contribution in [0.1, 0.15) is 45.1 Å². The molecule has 37 heavy (non-hydrogen) atoms. The Hall–Kier alpha value is -2.49. The van der Waals surface area contributed by atoms with Crippen LogP contribution in [0.4, 0.5) is 5.69 Å². The van der Waals surface area contributed by atoms with Gasteiger partial charge in [-0.1, -0.05) is 48.7 Å². The van der Waals surface area contributed by atoms with E-state index >= 15 is 0 Å². The lowest BCUT2D eigenvalue weighted by molar-refractivity contribution is -0.140. The lowest BCUT2D eigenvalue weighted by atomic mass is 10.1. The van der Waals surface area contributed by atoms with Crippen LogP contribution in [0.15, 0.2) is 42.5 Å². The van der Waals surface area contributed by atoms with Gasteiger partial charge in [0, 0.05) is 31.1 Å². The van der Waals surface area contributed by atoms with E-state index in [1.165, 1.54) is 17.0 Å². The predicted molar refractivity (Wildman–Crippen MR) is 149 cm³/mol. The molecule has 2 aromatic rings. The van der Waals surface area contributed by atoms with Gasteiger partial charge in [0.25, 0.3) is 0 Å². The van der Waals surface area contributed by atoms with Gasteiger partial charge in [0.15, 0.2) is 0 Å². The normalized spacial score (nSPS) is 12.1. The Morgan fingerprint density at radius 1 is 1.08 bits per heavy atom. The first-order chi connectivity index (χ1) is 17.5. The highest BCUT2D eigenvalue weighted by Crippen LogP contribution is 2.31. The van der Waals surface area contributed by atoms with Gasteiger partial charge in [0.2, 0.25) is 21.8 Å². The summed E-state index contributed by atoms with van der Waals surface area (Å²) in [5, 5.41) is 3.46. The fraction of sp³-hybridized carbons (Fsp3) is 0.462. The highest BCUT2D eigenvalue weighted by Gasteiger charge is 2.27. The molecule has 0 saturated carbocycles. The van der Waals surface area contributed by atoms with Crippen molar-refractivity contribution in [2.75, 3.05) is 30.8 Å². The number of anilines is 1. The van der Waals surface area contributed by atoms with E-state index in [0.29, 0.717) is 17.3 Å². The van der Waals surface area contributed by atoms with Gasteiger partial charge in [-0.3, -0.25) is 13.9 Å². The van der Waals surface area contributed by atoms with E-state index in [0.717, 1.165) is 29.0 Å². The third-order valence-electron chi connectivity index (χ3n) is 5.84. The van der Waals surface area contributed by atoms with E-state index in [9.17, 15) is 18.0 Å². The summed E-state index contributed by atoms with van der Waals surface area (Å²) in [7, 11) is -2.11. The van der Waals surface area contributed by atoms with Gasteiger partial charge in [-0.25, -0.2) is 8.42 Å². The third kappa shape index (κ3) is 9.39. The number of amides is 2. The molecule has 0 aliphatic carbocycles. The molecular weight excluding hydrogens is 537 g/mol. The summed E-state index contributed by atoms with van der Waals surface area (Å²) in [6, 6.07) is 11.1. The van der Waals surface area contributed by atoms with Gasteiger partial charge in [-0.15, -0.1) is 0 Å². The number of hydrogen-bond acceptors (Lipinski definition) is 5. The minimum Gasteiger partial charge on any atom is -0.497 e. The average molecular weight is 573 g/mol. The van der Waals surface area contributed by atoms with Crippen LogP contribution < -0.4 is 14.4 Å². The predicted octanol–water partition coefficient (Wildman–Crippen LogP) is 4.88. The summed E-state index contributed by atoms with van der Waals surface area (Å²) < 4.78 is 31.3. The highest BCUT2D eigenvalue weighted by atomic mass is 35.5. The van der Waals surface area contributed by atoms with Crippen molar-refractivity contribution in [3.63, 3.8) is 0 Å². The fourth-order valence-corrected chi connectivity index (χ4v) is 5.11. The second kappa shape index (κ2) is 14.4. The zero-order valence-corrected chi connectivity index (χ0v) is 24.0. The van der Waals surface area contributed by atoms with Crippen molar-refractivity contribution in [2.45, 2.75) is 52.1 Å². The summed E-state index contributed by atoms with van der Waals surface area (Å²) in [4.78, 5) is 27.6. The van der Waals surface area contributed by atoms with E-state index in [-0.39, 0.29) is 48.5 Å². The van der Waals surface area contributed by atoms with Crippen molar-refractivity contribution in [3.8, 4) is 5.75 Å². The van der Waals surface area contributed by atoms with Crippen molar-refractivity contribution < 1.29 is 22.7 Å². The summed E-state index contributed by atoms with van der Waals surface area (Å²) in [6.45, 7) is 4.51. The Balaban J connectivity index is 2.18. The molecule has 8 nitrogen and oxygen atoms in total. The van der Waals surface area contributed by atoms with Crippen LogP contribution in [0.2, 0.25) is 10.0 Å². The number of methoxy groups -OCH3 is 1. The Labute approximate surface area is 229 Å². The average Bonchev–Trinajstić information content (AvgIpc) is 2.86.